The molecule has 2 aliphatic rings. The number of halogens is 1. The molecule has 2 heterocycles. The summed E-state index contributed by atoms with van der Waals surface area (Å²) in [7, 11) is 0. The second-order valence-corrected chi connectivity index (χ2v) is 6.67. The van der Waals surface area contributed by atoms with E-state index >= 15 is 0 Å². The Balaban J connectivity index is 1.76. The summed E-state index contributed by atoms with van der Waals surface area (Å²) >= 11 is 2.45. The minimum Gasteiger partial charge on any atom is -0.301 e. The predicted octanol–water partition coefficient (Wildman–Crippen LogP) is 1.83. The third-order valence-electron chi connectivity index (χ3n) is 4.01. The van der Waals surface area contributed by atoms with Crippen molar-refractivity contribution in [3.63, 3.8) is 0 Å². The summed E-state index contributed by atoms with van der Waals surface area (Å²) in [5.74, 6) is 0. The standard InChI is InChI=1S/C12H24IN3/c1-11(2)14-5-3-12(4-6-14)15-7-9-16(13)10-8-15/h11-12H,3-10H2,1-2H3. The summed E-state index contributed by atoms with van der Waals surface area (Å²) in [6.07, 6.45) is 2.75. The lowest BCUT2D eigenvalue weighted by Gasteiger charge is -2.42. The van der Waals surface area contributed by atoms with Crippen LogP contribution >= 0.6 is 22.9 Å². The van der Waals surface area contributed by atoms with Crippen molar-refractivity contribution in [2.24, 2.45) is 0 Å². The molecule has 0 saturated carbocycles. The molecule has 3 nitrogen and oxygen atoms in total. The number of likely N-dealkylation sites (tertiary alicyclic amines) is 1. The third kappa shape index (κ3) is 3.31. The zero-order chi connectivity index (χ0) is 11.5. The highest BCUT2D eigenvalue weighted by Gasteiger charge is 2.27. The molecule has 2 rings (SSSR count). The number of hydrogen-bond donors (Lipinski definition) is 0. The van der Waals surface area contributed by atoms with E-state index in [1.54, 1.807) is 0 Å². The van der Waals surface area contributed by atoms with Gasteiger partial charge in [0.2, 0.25) is 0 Å². The second-order valence-electron chi connectivity index (χ2n) is 5.31. The van der Waals surface area contributed by atoms with Gasteiger partial charge in [0.15, 0.2) is 0 Å². The van der Waals surface area contributed by atoms with Gasteiger partial charge in [0, 0.05) is 61.1 Å². The monoisotopic (exact) mass is 337 g/mol. The van der Waals surface area contributed by atoms with Crippen molar-refractivity contribution >= 4 is 22.9 Å². The Kier molecular flexibility index (Phi) is 4.88. The van der Waals surface area contributed by atoms with Crippen LogP contribution in [0.15, 0.2) is 0 Å². The molecule has 0 unspecified atom stereocenters. The van der Waals surface area contributed by atoms with Crippen molar-refractivity contribution < 1.29 is 0 Å². The maximum absolute atomic E-state index is 2.72. The first-order chi connectivity index (χ1) is 7.66. The van der Waals surface area contributed by atoms with Crippen molar-refractivity contribution in [1.29, 1.82) is 0 Å². The van der Waals surface area contributed by atoms with E-state index < -0.39 is 0 Å². The third-order valence-corrected chi connectivity index (χ3v) is 4.97. The molecule has 0 atom stereocenters. The average Bonchev–Trinajstić information content (AvgIpc) is 2.30. The molecular weight excluding hydrogens is 313 g/mol. The lowest BCUT2D eigenvalue weighted by molar-refractivity contribution is 0.0747. The summed E-state index contributed by atoms with van der Waals surface area (Å²) in [5, 5.41) is 0. The fourth-order valence-corrected chi connectivity index (χ4v) is 3.26. The molecule has 2 saturated heterocycles. The topological polar surface area (TPSA) is 9.72 Å². The molecule has 0 N–H and O–H groups in total. The molecular formula is C12H24IN3. The van der Waals surface area contributed by atoms with Crippen LogP contribution in [0.2, 0.25) is 0 Å². The summed E-state index contributed by atoms with van der Waals surface area (Å²) < 4.78 is 2.41. The SMILES string of the molecule is CC(C)N1CCC(N2CCN(I)CC2)CC1. The van der Waals surface area contributed by atoms with E-state index in [1.165, 1.54) is 52.1 Å². The molecule has 0 aromatic rings. The molecule has 16 heavy (non-hydrogen) atoms. The predicted molar refractivity (Wildman–Crippen MR) is 76.9 cm³/mol. The Morgan fingerprint density at radius 1 is 0.938 bits per heavy atom. The van der Waals surface area contributed by atoms with Gasteiger partial charge in [-0.2, -0.15) is 0 Å². The van der Waals surface area contributed by atoms with Gasteiger partial charge in [-0.1, -0.05) is 0 Å². The fraction of sp³-hybridized carbons (Fsp3) is 1.00. The largest absolute Gasteiger partial charge is 0.301 e. The van der Waals surface area contributed by atoms with Crippen LogP contribution in [0.3, 0.4) is 0 Å². The highest BCUT2D eigenvalue weighted by Crippen LogP contribution is 2.20. The van der Waals surface area contributed by atoms with Gasteiger partial charge < -0.3 is 4.90 Å². The first kappa shape index (κ1) is 13.1. The molecule has 0 radical (unpaired) electrons. The summed E-state index contributed by atoms with van der Waals surface area (Å²) in [6, 6.07) is 1.59. The van der Waals surface area contributed by atoms with Crippen molar-refractivity contribution in [1.82, 2.24) is 12.9 Å². The number of rotatable bonds is 2. The maximum Gasteiger partial charge on any atom is 0.0209 e. The van der Waals surface area contributed by atoms with E-state index in [0.717, 1.165) is 12.1 Å². The van der Waals surface area contributed by atoms with E-state index in [9.17, 15) is 0 Å². The highest BCUT2D eigenvalue weighted by molar-refractivity contribution is 14.1. The quantitative estimate of drug-likeness (QED) is 0.562. The summed E-state index contributed by atoms with van der Waals surface area (Å²) in [5.41, 5.74) is 0. The minimum absolute atomic E-state index is 0.729. The van der Waals surface area contributed by atoms with Crippen LogP contribution in [0.25, 0.3) is 0 Å². The van der Waals surface area contributed by atoms with Gasteiger partial charge in [-0.05, 0) is 39.8 Å². The number of hydrogen-bond acceptors (Lipinski definition) is 3. The smallest absolute Gasteiger partial charge is 0.0209 e. The first-order valence-corrected chi connectivity index (χ1v) is 7.52. The Morgan fingerprint density at radius 2 is 1.50 bits per heavy atom. The molecule has 0 bridgehead atoms. The average molecular weight is 337 g/mol. The van der Waals surface area contributed by atoms with Crippen LogP contribution in [-0.2, 0) is 0 Å². The van der Waals surface area contributed by atoms with E-state index in [1.807, 2.05) is 0 Å². The van der Waals surface area contributed by atoms with Crippen LogP contribution in [0.5, 0.6) is 0 Å². The van der Waals surface area contributed by atoms with Crippen molar-refractivity contribution in [3.05, 3.63) is 0 Å². The van der Waals surface area contributed by atoms with Crippen LogP contribution in [0.1, 0.15) is 26.7 Å². The summed E-state index contributed by atoms with van der Waals surface area (Å²) in [4.78, 5) is 5.33. The first-order valence-electron chi connectivity index (χ1n) is 6.55. The minimum atomic E-state index is 0.729. The molecule has 0 spiro atoms. The fourth-order valence-electron chi connectivity index (χ4n) is 2.83. The Morgan fingerprint density at radius 3 is 2.00 bits per heavy atom. The lowest BCUT2D eigenvalue weighted by Crippen LogP contribution is -2.52. The number of nitrogens with zero attached hydrogens (tertiary/aromatic N) is 3. The van der Waals surface area contributed by atoms with E-state index in [2.05, 4.69) is 49.6 Å². The maximum atomic E-state index is 2.72. The molecule has 2 aliphatic heterocycles. The molecule has 94 valence electrons. The van der Waals surface area contributed by atoms with Crippen LogP contribution < -0.4 is 0 Å². The Labute approximate surface area is 114 Å². The van der Waals surface area contributed by atoms with Crippen LogP contribution in [-0.4, -0.2) is 64.3 Å². The van der Waals surface area contributed by atoms with Gasteiger partial charge in [0.1, 0.15) is 0 Å². The van der Waals surface area contributed by atoms with Crippen molar-refractivity contribution in [2.75, 3.05) is 39.3 Å². The zero-order valence-corrected chi connectivity index (χ0v) is 12.7. The highest BCUT2D eigenvalue weighted by atomic mass is 127. The van der Waals surface area contributed by atoms with E-state index in [0.29, 0.717) is 0 Å². The lowest BCUT2D eigenvalue weighted by atomic mass is 10.0. The molecule has 4 heteroatoms. The van der Waals surface area contributed by atoms with Crippen LogP contribution in [0.4, 0.5) is 0 Å². The molecule has 0 aromatic carbocycles. The zero-order valence-electron chi connectivity index (χ0n) is 10.5. The number of piperidine rings is 1. The molecule has 0 aromatic heterocycles. The Hall–Kier alpha value is 0.610. The normalized spacial score (nSPS) is 27.8. The van der Waals surface area contributed by atoms with Crippen LogP contribution in [0, 0.1) is 0 Å². The van der Waals surface area contributed by atoms with Gasteiger partial charge >= 0.3 is 0 Å². The van der Waals surface area contributed by atoms with Gasteiger partial charge in [0.05, 0.1) is 0 Å². The van der Waals surface area contributed by atoms with Gasteiger partial charge in [0.25, 0.3) is 0 Å². The Bertz CT molecular complexity index is 206. The van der Waals surface area contributed by atoms with Crippen molar-refractivity contribution in [3.8, 4) is 0 Å². The van der Waals surface area contributed by atoms with E-state index in [-0.39, 0.29) is 0 Å². The van der Waals surface area contributed by atoms with E-state index in [4.69, 9.17) is 0 Å². The van der Waals surface area contributed by atoms with Crippen molar-refractivity contribution in [2.45, 2.75) is 38.8 Å². The molecule has 0 aliphatic carbocycles. The second kappa shape index (κ2) is 5.98. The van der Waals surface area contributed by atoms with Gasteiger partial charge in [-0.25, -0.2) is 3.11 Å². The van der Waals surface area contributed by atoms with Gasteiger partial charge in [-0.3, -0.25) is 4.90 Å². The molecule has 2 fully saturated rings. The van der Waals surface area contributed by atoms with Gasteiger partial charge in [-0.15, -0.1) is 0 Å². The summed E-state index contributed by atoms with van der Waals surface area (Å²) in [6.45, 7) is 12.3. The molecule has 0 amide bonds. The number of piperazine rings is 1.